The first-order valence-corrected chi connectivity index (χ1v) is 8.78. The van der Waals surface area contributed by atoms with E-state index in [-0.39, 0.29) is 6.61 Å². The lowest BCUT2D eigenvalue weighted by atomic mass is 10.0. The summed E-state index contributed by atoms with van der Waals surface area (Å²) in [4.78, 5) is 0. The third-order valence-electron chi connectivity index (χ3n) is 4.28. The number of ether oxygens (including phenoxy) is 2. The molecule has 0 saturated heterocycles. The molecule has 0 aliphatic rings. The summed E-state index contributed by atoms with van der Waals surface area (Å²) in [5.74, 6) is 1.20. The molecule has 0 aliphatic heterocycles. The minimum atomic E-state index is 0.284. The van der Waals surface area contributed by atoms with Gasteiger partial charge in [0.1, 0.15) is 23.3 Å². The van der Waals surface area contributed by atoms with Gasteiger partial charge in [-0.25, -0.2) is 0 Å². The molecule has 2 aromatic carbocycles. The van der Waals surface area contributed by atoms with Crippen LogP contribution in [0.2, 0.25) is 0 Å². The van der Waals surface area contributed by atoms with E-state index in [1.165, 1.54) is 0 Å². The molecule has 0 unspecified atom stereocenters. The summed E-state index contributed by atoms with van der Waals surface area (Å²) in [5.41, 5.74) is 4.51. The summed E-state index contributed by atoms with van der Waals surface area (Å²) in [5, 5.41) is 20.4. The molecule has 2 aromatic rings. The predicted molar refractivity (Wildman–Crippen MR) is 107 cm³/mol. The number of aryl methyl sites for hydroxylation is 2. The van der Waals surface area contributed by atoms with Gasteiger partial charge in [0.25, 0.3) is 6.26 Å². The fraction of sp³-hybridized carbons (Fsp3) is 0.238. The van der Waals surface area contributed by atoms with Gasteiger partial charge in [-0.05, 0) is 56.2 Å². The first-order valence-electron chi connectivity index (χ1n) is 8.40. The zero-order chi connectivity index (χ0) is 20.0. The smallest absolute Gasteiger partial charge is 0.292 e. The minimum absolute atomic E-state index is 0.284. The maximum absolute atomic E-state index is 8.80. The average Bonchev–Trinajstić information content (AvgIpc) is 2.66. The van der Waals surface area contributed by atoms with Crippen molar-refractivity contribution in [3.63, 3.8) is 0 Å². The van der Waals surface area contributed by atoms with Gasteiger partial charge in [0.2, 0.25) is 0 Å². The molecular formula is C21H22ClN3O2. The van der Waals surface area contributed by atoms with E-state index in [9.17, 15) is 0 Å². The van der Waals surface area contributed by atoms with Gasteiger partial charge in [-0.3, -0.25) is 5.41 Å². The molecule has 0 heterocycles. The molecule has 5 nitrogen and oxygen atoms in total. The highest BCUT2D eigenvalue weighted by Crippen LogP contribution is 2.26. The van der Waals surface area contributed by atoms with Crippen LogP contribution in [0.4, 0.5) is 0 Å². The fourth-order valence-electron chi connectivity index (χ4n) is 2.64. The van der Waals surface area contributed by atoms with Crippen LogP contribution in [-0.2, 0) is 6.61 Å². The molecule has 0 amide bonds. The Balaban J connectivity index is 2.21. The van der Waals surface area contributed by atoms with Gasteiger partial charge in [0, 0.05) is 23.7 Å². The molecule has 0 aliphatic carbocycles. The van der Waals surface area contributed by atoms with Crippen molar-refractivity contribution in [3.8, 4) is 17.8 Å². The van der Waals surface area contributed by atoms with Crippen LogP contribution in [0.5, 0.6) is 11.5 Å². The molecule has 0 fully saturated rings. The molecule has 2 rings (SSSR count). The molecule has 0 aromatic heterocycles. The zero-order valence-corrected chi connectivity index (χ0v) is 16.6. The lowest BCUT2D eigenvalue weighted by Crippen LogP contribution is -2.10. The fourth-order valence-corrected chi connectivity index (χ4v) is 2.73. The van der Waals surface area contributed by atoms with E-state index in [2.05, 4.69) is 5.32 Å². The molecule has 6 heteroatoms. The largest absolute Gasteiger partial charge is 0.488 e. The van der Waals surface area contributed by atoms with E-state index in [0.717, 1.165) is 22.3 Å². The van der Waals surface area contributed by atoms with E-state index < -0.39 is 0 Å². The highest BCUT2D eigenvalue weighted by atomic mass is 35.5. The molecule has 0 saturated carbocycles. The molecular weight excluding hydrogens is 362 g/mol. The second kappa shape index (κ2) is 9.11. The number of nitriles is 1. The van der Waals surface area contributed by atoms with Gasteiger partial charge in [-0.2, -0.15) is 0 Å². The number of hydrogen-bond acceptors (Lipinski definition) is 5. The Labute approximate surface area is 164 Å². The van der Waals surface area contributed by atoms with Gasteiger partial charge in [0.15, 0.2) is 0 Å². The van der Waals surface area contributed by atoms with Gasteiger partial charge < -0.3 is 14.8 Å². The summed E-state index contributed by atoms with van der Waals surface area (Å²) in [6.07, 6.45) is 1.71. The summed E-state index contributed by atoms with van der Waals surface area (Å²) >= 11 is 6.07. The summed E-state index contributed by atoms with van der Waals surface area (Å²) in [6, 6.07) is 11.1. The number of nitrogens with zero attached hydrogens (tertiary/aromatic N) is 1. The summed E-state index contributed by atoms with van der Waals surface area (Å²) < 4.78 is 11.0. The Morgan fingerprint density at radius 2 is 1.93 bits per heavy atom. The van der Waals surface area contributed by atoms with Crippen molar-refractivity contribution >= 4 is 17.3 Å². The second-order valence-corrected chi connectivity index (χ2v) is 6.46. The minimum Gasteiger partial charge on any atom is -0.488 e. The maximum Gasteiger partial charge on any atom is 0.292 e. The Morgan fingerprint density at radius 3 is 2.56 bits per heavy atom. The second-order valence-electron chi connectivity index (χ2n) is 6.08. The van der Waals surface area contributed by atoms with Crippen molar-refractivity contribution in [2.75, 3.05) is 7.05 Å². The lowest BCUT2D eigenvalue weighted by molar-refractivity contribution is 0.298. The van der Waals surface area contributed by atoms with Crippen LogP contribution in [0.3, 0.4) is 0 Å². The molecule has 0 atom stereocenters. The molecule has 2 N–H and O–H groups in total. The lowest BCUT2D eigenvalue weighted by Gasteiger charge is -2.14. The molecule has 0 bridgehead atoms. The van der Waals surface area contributed by atoms with Crippen molar-refractivity contribution in [2.24, 2.45) is 0 Å². The SMILES string of the molecule is CN/C(Cl)=C(/C)C(=N)c1ccc(OCc2c(C)cccc2OC#N)c(C)c1. The van der Waals surface area contributed by atoms with Crippen LogP contribution in [-0.4, -0.2) is 12.8 Å². The van der Waals surface area contributed by atoms with Crippen molar-refractivity contribution < 1.29 is 9.47 Å². The van der Waals surface area contributed by atoms with E-state index in [4.69, 9.17) is 31.7 Å². The predicted octanol–water partition coefficient (Wildman–Crippen LogP) is 4.80. The topological polar surface area (TPSA) is 78.1 Å². The first-order chi connectivity index (χ1) is 12.9. The van der Waals surface area contributed by atoms with Crippen LogP contribution < -0.4 is 14.8 Å². The maximum atomic E-state index is 8.80. The quantitative estimate of drug-likeness (QED) is 0.409. The number of hydrogen-bond donors (Lipinski definition) is 2. The number of rotatable bonds is 7. The van der Waals surface area contributed by atoms with Crippen LogP contribution in [0.25, 0.3) is 0 Å². The Bertz CT molecular complexity index is 930. The number of nitrogens with one attached hydrogen (secondary N) is 2. The third-order valence-corrected chi connectivity index (χ3v) is 4.75. The monoisotopic (exact) mass is 383 g/mol. The van der Waals surface area contributed by atoms with Crippen LogP contribution in [0.1, 0.15) is 29.2 Å². The normalized spacial score (nSPS) is 11.3. The number of halogens is 1. The Kier molecular flexibility index (Phi) is 6.86. The molecule has 0 spiro atoms. The van der Waals surface area contributed by atoms with E-state index in [0.29, 0.717) is 27.9 Å². The molecule has 140 valence electrons. The van der Waals surface area contributed by atoms with Gasteiger partial charge in [-0.15, -0.1) is 5.26 Å². The van der Waals surface area contributed by atoms with E-state index >= 15 is 0 Å². The summed E-state index contributed by atoms with van der Waals surface area (Å²) in [7, 11) is 1.72. The third kappa shape index (κ3) is 4.81. The average molecular weight is 384 g/mol. The van der Waals surface area contributed by atoms with Gasteiger partial charge in [0.05, 0.1) is 5.71 Å². The molecule has 27 heavy (non-hydrogen) atoms. The Morgan fingerprint density at radius 1 is 1.19 bits per heavy atom. The standard InChI is InChI=1S/C21H22ClN3O2/c1-13-6-5-7-19(27-12-23)17(13)11-26-18-9-8-16(10-14(18)2)20(24)15(3)21(22)25-4/h5-10,24-25H,11H2,1-4H3/b21-15-,24-20?. The van der Waals surface area contributed by atoms with E-state index in [1.54, 1.807) is 26.3 Å². The van der Waals surface area contributed by atoms with Crippen molar-refractivity contribution in [1.82, 2.24) is 5.32 Å². The molecule has 0 radical (unpaired) electrons. The Hall–Kier alpha value is -2.97. The van der Waals surface area contributed by atoms with E-state index in [1.807, 2.05) is 44.2 Å². The van der Waals surface area contributed by atoms with Gasteiger partial charge in [-0.1, -0.05) is 23.7 Å². The van der Waals surface area contributed by atoms with Crippen LogP contribution in [0.15, 0.2) is 47.1 Å². The van der Waals surface area contributed by atoms with Crippen molar-refractivity contribution in [2.45, 2.75) is 27.4 Å². The van der Waals surface area contributed by atoms with Crippen LogP contribution in [0, 0.1) is 30.8 Å². The first kappa shape index (κ1) is 20.3. The zero-order valence-electron chi connectivity index (χ0n) is 15.8. The highest BCUT2D eigenvalue weighted by molar-refractivity contribution is 6.32. The number of allylic oxidation sites excluding steroid dienone is 1. The number of benzene rings is 2. The van der Waals surface area contributed by atoms with Crippen molar-refractivity contribution in [1.29, 1.82) is 10.7 Å². The summed E-state index contributed by atoms with van der Waals surface area (Å²) in [6.45, 7) is 5.96. The van der Waals surface area contributed by atoms with Crippen LogP contribution >= 0.6 is 11.6 Å². The highest BCUT2D eigenvalue weighted by Gasteiger charge is 2.12. The van der Waals surface area contributed by atoms with Crippen molar-refractivity contribution in [3.05, 3.63) is 69.4 Å². The van der Waals surface area contributed by atoms with Gasteiger partial charge >= 0.3 is 0 Å².